The van der Waals surface area contributed by atoms with E-state index in [4.69, 9.17) is 0 Å². The molecule has 2 aliphatic rings. The molecule has 1 amide bonds. The van der Waals surface area contributed by atoms with Crippen LogP contribution >= 0.6 is 0 Å². The number of benzene rings is 2. The van der Waals surface area contributed by atoms with E-state index >= 15 is 0 Å². The lowest BCUT2D eigenvalue weighted by atomic mass is 10.0. The third kappa shape index (κ3) is 3.58. The fourth-order valence-corrected chi connectivity index (χ4v) is 5.65. The molecule has 0 bridgehead atoms. The summed E-state index contributed by atoms with van der Waals surface area (Å²) < 4.78 is 0. The third-order valence-corrected chi connectivity index (χ3v) is 7.78. The molecule has 1 fully saturated rings. The van der Waals surface area contributed by atoms with Gasteiger partial charge in [-0.2, -0.15) is 5.10 Å². The fourth-order valence-electron chi connectivity index (χ4n) is 5.65. The van der Waals surface area contributed by atoms with E-state index in [0.717, 1.165) is 70.5 Å². The van der Waals surface area contributed by atoms with Gasteiger partial charge in [0.15, 0.2) is 5.65 Å². The smallest absolute Gasteiger partial charge is 0.256 e. The van der Waals surface area contributed by atoms with Crippen LogP contribution in [0.3, 0.4) is 0 Å². The summed E-state index contributed by atoms with van der Waals surface area (Å²) in [7, 11) is 4.11. The Balaban J connectivity index is 1.26. The molecule has 0 radical (unpaired) electrons. The number of nitrogens with zero attached hydrogens (tertiary/aromatic N) is 6. The lowest BCUT2D eigenvalue weighted by Gasteiger charge is -2.33. The number of nitrogens with one attached hydrogen (secondary N) is 2. The summed E-state index contributed by atoms with van der Waals surface area (Å²) >= 11 is 0. The first kappa shape index (κ1) is 22.7. The van der Waals surface area contributed by atoms with Crippen LogP contribution in [0.15, 0.2) is 67.1 Å². The molecular formula is C29H28N8O. The van der Waals surface area contributed by atoms with Crippen LogP contribution in [0.5, 0.6) is 0 Å². The van der Waals surface area contributed by atoms with Crippen LogP contribution in [0.1, 0.15) is 22.2 Å². The molecule has 0 saturated carbocycles. The maximum Gasteiger partial charge on any atom is 0.256 e. The van der Waals surface area contributed by atoms with Gasteiger partial charge in [-0.05, 0) is 30.6 Å². The summed E-state index contributed by atoms with van der Waals surface area (Å²) in [6.07, 6.45) is 5.39. The predicted molar refractivity (Wildman–Crippen MR) is 149 cm³/mol. The number of carbonyl (C=O) groups excluding carboxylic acids is 1. The number of para-hydroxylation sites is 1. The Kier molecular flexibility index (Phi) is 5.26. The van der Waals surface area contributed by atoms with Gasteiger partial charge in [0, 0.05) is 73.7 Å². The first-order valence-corrected chi connectivity index (χ1v) is 12.9. The monoisotopic (exact) mass is 504 g/mol. The van der Waals surface area contributed by atoms with Crippen molar-refractivity contribution in [3.8, 4) is 11.1 Å². The van der Waals surface area contributed by atoms with E-state index in [1.165, 1.54) is 0 Å². The number of amides is 1. The molecule has 3 aromatic heterocycles. The number of hydrogen-bond donors (Lipinski definition) is 2. The molecule has 0 spiro atoms. The number of fused-ring (bicyclic) bond motifs is 3. The molecule has 38 heavy (non-hydrogen) atoms. The largest absolute Gasteiger partial charge is 0.358 e. The van der Waals surface area contributed by atoms with Crippen molar-refractivity contribution in [2.45, 2.75) is 6.17 Å². The predicted octanol–water partition coefficient (Wildman–Crippen LogP) is 4.12. The number of pyridine rings is 2. The zero-order valence-corrected chi connectivity index (χ0v) is 21.3. The molecule has 5 heterocycles. The minimum atomic E-state index is -0.223. The summed E-state index contributed by atoms with van der Waals surface area (Å²) in [5.41, 5.74) is 6.12. The van der Waals surface area contributed by atoms with E-state index < -0.39 is 0 Å². The van der Waals surface area contributed by atoms with Crippen LogP contribution in [0.2, 0.25) is 0 Å². The molecule has 5 aromatic rings. The van der Waals surface area contributed by atoms with Gasteiger partial charge in [0.05, 0.1) is 22.6 Å². The first-order chi connectivity index (χ1) is 18.6. The number of likely N-dealkylation sites (N-methyl/N-ethyl adjacent to an activating group) is 1. The zero-order chi connectivity index (χ0) is 25.8. The lowest BCUT2D eigenvalue weighted by molar-refractivity contribution is 0.0665. The highest BCUT2D eigenvalue weighted by Gasteiger charge is 2.34. The van der Waals surface area contributed by atoms with E-state index in [1.54, 1.807) is 0 Å². The number of carbonyl (C=O) groups is 1. The molecule has 2 aromatic carbocycles. The molecule has 9 heteroatoms. The molecule has 7 rings (SSSR count). The Morgan fingerprint density at radius 1 is 0.947 bits per heavy atom. The highest BCUT2D eigenvalue weighted by atomic mass is 16.2. The van der Waals surface area contributed by atoms with E-state index in [-0.39, 0.29) is 12.1 Å². The molecule has 1 atom stereocenters. The van der Waals surface area contributed by atoms with Crippen molar-refractivity contribution in [3.63, 3.8) is 0 Å². The Hall–Kier alpha value is -4.50. The average Bonchev–Trinajstić information content (AvgIpc) is 3.53. The van der Waals surface area contributed by atoms with Crippen LogP contribution in [-0.4, -0.2) is 76.1 Å². The number of aromatic amines is 1. The van der Waals surface area contributed by atoms with Gasteiger partial charge in [0.25, 0.3) is 5.91 Å². The second kappa shape index (κ2) is 8.81. The molecule has 190 valence electrons. The van der Waals surface area contributed by atoms with Crippen molar-refractivity contribution < 1.29 is 4.79 Å². The summed E-state index contributed by atoms with van der Waals surface area (Å²) in [6.45, 7) is 3.25. The summed E-state index contributed by atoms with van der Waals surface area (Å²) in [5, 5.41) is 14.5. The molecule has 2 N–H and O–H groups in total. The Morgan fingerprint density at radius 3 is 2.66 bits per heavy atom. The van der Waals surface area contributed by atoms with Gasteiger partial charge in [-0.25, -0.2) is 4.98 Å². The lowest BCUT2D eigenvalue weighted by Crippen LogP contribution is -2.47. The minimum Gasteiger partial charge on any atom is -0.358 e. The van der Waals surface area contributed by atoms with Crippen molar-refractivity contribution >= 4 is 39.1 Å². The first-order valence-electron chi connectivity index (χ1n) is 12.9. The second-order valence-electron chi connectivity index (χ2n) is 10.1. The van der Waals surface area contributed by atoms with Crippen molar-refractivity contribution in [3.05, 3.63) is 78.4 Å². The Labute approximate surface area is 220 Å². The molecule has 0 aliphatic carbocycles. The van der Waals surface area contributed by atoms with Crippen molar-refractivity contribution in [2.24, 2.45) is 0 Å². The zero-order valence-electron chi connectivity index (χ0n) is 21.3. The number of H-pyrrole nitrogens is 1. The molecule has 1 saturated heterocycles. The third-order valence-electron chi connectivity index (χ3n) is 7.78. The molecule has 2 aliphatic heterocycles. The second-order valence-corrected chi connectivity index (χ2v) is 10.1. The Bertz CT molecular complexity index is 1680. The molecule has 9 nitrogen and oxygen atoms in total. The number of aromatic nitrogens is 4. The van der Waals surface area contributed by atoms with Crippen LogP contribution in [0, 0.1) is 0 Å². The van der Waals surface area contributed by atoms with Gasteiger partial charge < -0.3 is 20.0 Å². The van der Waals surface area contributed by atoms with Gasteiger partial charge in [-0.3, -0.25) is 14.9 Å². The number of anilines is 2. The Morgan fingerprint density at radius 2 is 1.79 bits per heavy atom. The van der Waals surface area contributed by atoms with Gasteiger partial charge in [0.1, 0.15) is 6.17 Å². The number of rotatable bonds is 3. The summed E-state index contributed by atoms with van der Waals surface area (Å²) in [5.74, 6) is 0.0751. The van der Waals surface area contributed by atoms with Gasteiger partial charge >= 0.3 is 0 Å². The fraction of sp³-hybridized carbons (Fsp3) is 0.241. The average molecular weight is 505 g/mol. The van der Waals surface area contributed by atoms with E-state index in [2.05, 4.69) is 60.5 Å². The van der Waals surface area contributed by atoms with Gasteiger partial charge in [-0.1, -0.05) is 30.3 Å². The maximum absolute atomic E-state index is 13.5. The van der Waals surface area contributed by atoms with Gasteiger partial charge in [-0.15, -0.1) is 0 Å². The van der Waals surface area contributed by atoms with Crippen LogP contribution in [0.4, 0.5) is 11.4 Å². The normalized spacial score (nSPS) is 17.7. The van der Waals surface area contributed by atoms with Crippen LogP contribution < -0.4 is 10.2 Å². The van der Waals surface area contributed by atoms with E-state index in [1.807, 2.05) is 60.9 Å². The highest BCUT2D eigenvalue weighted by molar-refractivity contribution is 6.04. The summed E-state index contributed by atoms with van der Waals surface area (Å²) in [4.78, 5) is 29.0. The topological polar surface area (TPSA) is 93.3 Å². The minimum absolute atomic E-state index is 0.0751. The van der Waals surface area contributed by atoms with Crippen molar-refractivity contribution in [2.75, 3.05) is 50.5 Å². The van der Waals surface area contributed by atoms with Crippen molar-refractivity contribution in [1.29, 1.82) is 0 Å². The van der Waals surface area contributed by atoms with Crippen LogP contribution in [0.25, 0.3) is 32.9 Å². The van der Waals surface area contributed by atoms with Crippen LogP contribution in [-0.2, 0) is 0 Å². The summed E-state index contributed by atoms with van der Waals surface area (Å²) in [6, 6.07) is 16.3. The SMILES string of the molecule is CN1CCN(C(=O)c2cccc3c2N(C)C(c2[nH]nc4ncc(-c5cncc6ccccc56)cc24)N3)CC1. The van der Waals surface area contributed by atoms with Crippen molar-refractivity contribution in [1.82, 2.24) is 30.0 Å². The standard InChI is InChI=1S/C29H28N8O/c1-35-10-12-37(13-11-35)29(38)21-8-5-9-24-26(21)36(2)28(32-24)25-22-14-19(16-31-27(22)34-33-25)23-17-30-15-18-6-3-4-7-20(18)23/h3-9,14-17,28,32H,10-13H2,1-2H3,(H,31,33,34). The number of piperazine rings is 1. The quantitative estimate of drug-likeness (QED) is 0.382. The molecule has 1 unspecified atom stereocenters. The highest BCUT2D eigenvalue weighted by Crippen LogP contribution is 2.44. The van der Waals surface area contributed by atoms with Gasteiger partial charge in [0.2, 0.25) is 0 Å². The number of hydrogen-bond acceptors (Lipinski definition) is 7. The molecular weight excluding hydrogens is 476 g/mol. The maximum atomic E-state index is 13.5. The van der Waals surface area contributed by atoms with E-state index in [9.17, 15) is 4.79 Å². The van der Waals surface area contributed by atoms with E-state index in [0.29, 0.717) is 11.2 Å².